The molecule has 4 heteroatoms. The van der Waals surface area contributed by atoms with Gasteiger partial charge in [0.05, 0.1) is 0 Å². The van der Waals surface area contributed by atoms with E-state index in [9.17, 15) is 9.59 Å². The first-order chi connectivity index (χ1) is 17.5. The van der Waals surface area contributed by atoms with E-state index in [1.165, 1.54) is 141 Å². The van der Waals surface area contributed by atoms with E-state index in [-0.39, 0.29) is 14.9 Å². The number of hydrogen-bond donors (Lipinski definition) is 2. The summed E-state index contributed by atoms with van der Waals surface area (Å²) in [6, 6.07) is 0. The van der Waals surface area contributed by atoms with E-state index in [0.29, 0.717) is 12.8 Å². The van der Waals surface area contributed by atoms with Crippen molar-refractivity contribution < 1.29 is 19.8 Å². The maximum absolute atomic E-state index is 10.3. The molecule has 0 saturated carbocycles. The highest BCUT2D eigenvalue weighted by Gasteiger charge is 1.98. The molecule has 0 saturated heterocycles. The molecule has 232 valence electrons. The van der Waals surface area contributed by atoms with Crippen molar-refractivity contribution in [2.24, 2.45) is 0 Å². The molecule has 0 unspecified atom stereocenters. The SMILES string of the molecule is C.C.CCCCCCCCCCCCCCCC(=O)O.CCCCCCCCCCCCCCCC(=O)O. The predicted molar refractivity (Wildman–Crippen MR) is 169 cm³/mol. The summed E-state index contributed by atoms with van der Waals surface area (Å²) < 4.78 is 0. The maximum atomic E-state index is 10.3. The van der Waals surface area contributed by atoms with E-state index in [0.717, 1.165) is 25.7 Å². The van der Waals surface area contributed by atoms with Crippen molar-refractivity contribution in [1.82, 2.24) is 0 Å². The number of hydrogen-bond acceptors (Lipinski definition) is 2. The first-order valence-electron chi connectivity index (χ1n) is 16.0. The maximum Gasteiger partial charge on any atom is 0.303 e. The van der Waals surface area contributed by atoms with Crippen LogP contribution in [0.15, 0.2) is 0 Å². The summed E-state index contributed by atoms with van der Waals surface area (Å²) in [7, 11) is 0. The lowest BCUT2D eigenvalue weighted by Gasteiger charge is -2.02. The fourth-order valence-electron chi connectivity index (χ4n) is 4.59. The van der Waals surface area contributed by atoms with Gasteiger partial charge in [-0.15, -0.1) is 0 Å². The van der Waals surface area contributed by atoms with Crippen LogP contribution in [0.2, 0.25) is 0 Å². The standard InChI is InChI=1S/2C16H32O2.2CH4/c2*1-2-3-4-5-6-7-8-9-10-11-12-13-14-15-16(17)18;;/h2*2-15H2,1H3,(H,17,18);2*1H4. The average Bonchev–Trinajstić information content (AvgIpc) is 2.85. The zero-order valence-electron chi connectivity index (χ0n) is 24.5. The van der Waals surface area contributed by atoms with Crippen molar-refractivity contribution in [2.45, 2.75) is 208 Å². The van der Waals surface area contributed by atoms with Crippen LogP contribution in [0.1, 0.15) is 208 Å². The first kappa shape index (κ1) is 44.0. The molecule has 0 aromatic rings. The van der Waals surface area contributed by atoms with Gasteiger partial charge in [-0.2, -0.15) is 0 Å². The van der Waals surface area contributed by atoms with Crippen LogP contribution < -0.4 is 0 Å². The van der Waals surface area contributed by atoms with Gasteiger partial charge in [0, 0.05) is 12.8 Å². The molecule has 0 heterocycles. The minimum Gasteiger partial charge on any atom is -0.481 e. The van der Waals surface area contributed by atoms with Crippen LogP contribution in [0, 0.1) is 0 Å². The summed E-state index contributed by atoms with van der Waals surface area (Å²) in [4.78, 5) is 20.6. The molecule has 2 N–H and O–H groups in total. The average molecular weight is 545 g/mol. The van der Waals surface area contributed by atoms with E-state index in [4.69, 9.17) is 10.2 Å². The van der Waals surface area contributed by atoms with Crippen molar-refractivity contribution in [1.29, 1.82) is 0 Å². The molecule has 0 aliphatic carbocycles. The highest BCUT2D eigenvalue weighted by Crippen LogP contribution is 2.14. The second-order valence-electron chi connectivity index (χ2n) is 10.8. The Labute approximate surface area is 240 Å². The van der Waals surface area contributed by atoms with Crippen LogP contribution >= 0.6 is 0 Å². The lowest BCUT2D eigenvalue weighted by Crippen LogP contribution is -1.93. The van der Waals surface area contributed by atoms with Gasteiger partial charge in [0.1, 0.15) is 0 Å². The van der Waals surface area contributed by atoms with Gasteiger partial charge < -0.3 is 10.2 Å². The van der Waals surface area contributed by atoms with Gasteiger partial charge in [-0.05, 0) is 12.8 Å². The Morgan fingerprint density at radius 1 is 0.342 bits per heavy atom. The van der Waals surface area contributed by atoms with Crippen molar-refractivity contribution in [3.05, 3.63) is 0 Å². The number of carbonyl (C=O) groups is 2. The molecule has 0 aromatic carbocycles. The van der Waals surface area contributed by atoms with Crippen LogP contribution in [0.5, 0.6) is 0 Å². The summed E-state index contributed by atoms with van der Waals surface area (Å²) in [5.74, 6) is -1.31. The van der Waals surface area contributed by atoms with Gasteiger partial charge in [0.15, 0.2) is 0 Å². The predicted octanol–water partition coefficient (Wildman–Crippen LogP) is 12.4. The van der Waals surface area contributed by atoms with Crippen molar-refractivity contribution >= 4 is 11.9 Å². The molecule has 0 spiro atoms. The van der Waals surface area contributed by atoms with Crippen molar-refractivity contribution in [2.75, 3.05) is 0 Å². The van der Waals surface area contributed by atoms with Gasteiger partial charge in [0.2, 0.25) is 0 Å². The first-order valence-corrected chi connectivity index (χ1v) is 16.0. The Kier molecular flexibility index (Phi) is 46.8. The molecule has 4 nitrogen and oxygen atoms in total. The summed E-state index contributed by atoms with van der Waals surface area (Å²) in [6.45, 7) is 4.52. The molecule has 0 aliphatic heterocycles. The van der Waals surface area contributed by atoms with Crippen LogP contribution in [0.25, 0.3) is 0 Å². The quantitative estimate of drug-likeness (QED) is 0.0960. The van der Waals surface area contributed by atoms with E-state index in [2.05, 4.69) is 13.8 Å². The van der Waals surface area contributed by atoms with Gasteiger partial charge >= 0.3 is 11.9 Å². The molecular formula is C34H72O4. The van der Waals surface area contributed by atoms with Crippen LogP contribution in [0.4, 0.5) is 0 Å². The summed E-state index contributed by atoms with van der Waals surface area (Å²) >= 11 is 0. The van der Waals surface area contributed by atoms with Gasteiger partial charge in [-0.1, -0.05) is 183 Å². The van der Waals surface area contributed by atoms with Crippen LogP contribution in [-0.2, 0) is 9.59 Å². The minimum absolute atomic E-state index is 0. The Morgan fingerprint density at radius 3 is 0.658 bits per heavy atom. The summed E-state index contributed by atoms with van der Waals surface area (Å²) in [5, 5.41) is 17.0. The smallest absolute Gasteiger partial charge is 0.303 e. The Hall–Kier alpha value is -1.06. The number of aliphatic carboxylic acids is 2. The van der Waals surface area contributed by atoms with Gasteiger partial charge in [-0.3, -0.25) is 9.59 Å². The molecule has 0 bridgehead atoms. The Bertz CT molecular complexity index is 396. The van der Waals surface area contributed by atoms with Gasteiger partial charge in [-0.25, -0.2) is 0 Å². The lowest BCUT2D eigenvalue weighted by molar-refractivity contribution is -0.138. The monoisotopic (exact) mass is 545 g/mol. The second-order valence-corrected chi connectivity index (χ2v) is 10.8. The third kappa shape index (κ3) is 48.1. The van der Waals surface area contributed by atoms with E-state index in [1.54, 1.807) is 0 Å². The van der Waals surface area contributed by atoms with E-state index < -0.39 is 11.9 Å². The second kappa shape index (κ2) is 40.4. The van der Waals surface area contributed by atoms with Crippen LogP contribution in [-0.4, -0.2) is 22.2 Å². The zero-order chi connectivity index (χ0) is 27.0. The minimum atomic E-state index is -0.655. The van der Waals surface area contributed by atoms with Crippen molar-refractivity contribution in [3.8, 4) is 0 Å². The number of unbranched alkanes of at least 4 members (excludes halogenated alkanes) is 24. The summed E-state index contributed by atoms with van der Waals surface area (Å²) in [5.41, 5.74) is 0. The lowest BCUT2D eigenvalue weighted by atomic mass is 10.0. The van der Waals surface area contributed by atoms with E-state index >= 15 is 0 Å². The Balaban J connectivity index is -0.000000289. The highest BCUT2D eigenvalue weighted by molar-refractivity contribution is 5.66. The third-order valence-corrected chi connectivity index (χ3v) is 6.99. The molecule has 0 aromatic heterocycles. The van der Waals surface area contributed by atoms with E-state index in [1.807, 2.05) is 0 Å². The topological polar surface area (TPSA) is 74.6 Å². The molecular weight excluding hydrogens is 472 g/mol. The largest absolute Gasteiger partial charge is 0.481 e. The molecule has 0 aliphatic rings. The molecule has 0 fully saturated rings. The molecule has 0 rings (SSSR count). The number of carboxylic acids is 2. The normalized spacial score (nSPS) is 10.2. The molecule has 0 radical (unpaired) electrons. The molecule has 0 amide bonds. The van der Waals surface area contributed by atoms with Crippen LogP contribution in [0.3, 0.4) is 0 Å². The number of carboxylic acid groups (broad SMARTS) is 2. The highest BCUT2D eigenvalue weighted by atomic mass is 16.4. The van der Waals surface area contributed by atoms with Crippen molar-refractivity contribution in [3.63, 3.8) is 0 Å². The summed E-state index contributed by atoms with van der Waals surface area (Å²) in [6.07, 6.45) is 34.5. The fourth-order valence-corrected chi connectivity index (χ4v) is 4.59. The zero-order valence-corrected chi connectivity index (χ0v) is 24.5. The molecule has 0 atom stereocenters. The third-order valence-electron chi connectivity index (χ3n) is 6.99. The Morgan fingerprint density at radius 2 is 0.500 bits per heavy atom. The van der Waals surface area contributed by atoms with Gasteiger partial charge in [0.25, 0.3) is 0 Å². The molecule has 38 heavy (non-hydrogen) atoms. The number of rotatable bonds is 28. The fraction of sp³-hybridized carbons (Fsp3) is 0.941.